The van der Waals surface area contributed by atoms with Gasteiger partial charge in [0.15, 0.2) is 0 Å². The number of hydrogen-bond donors (Lipinski definition) is 1. The Morgan fingerprint density at radius 3 is 2.68 bits per heavy atom. The summed E-state index contributed by atoms with van der Waals surface area (Å²) in [7, 11) is 0. The number of aliphatic carboxylic acids is 1. The summed E-state index contributed by atoms with van der Waals surface area (Å²) in [6.07, 6.45) is 4.73. The molecule has 2 rings (SSSR count). The molecule has 0 aliphatic carbocycles. The van der Waals surface area contributed by atoms with Gasteiger partial charge in [0.25, 0.3) is 0 Å². The van der Waals surface area contributed by atoms with Crippen molar-refractivity contribution in [2.45, 2.75) is 45.1 Å². The Morgan fingerprint density at radius 1 is 1.42 bits per heavy atom. The lowest BCUT2D eigenvalue weighted by atomic mass is 9.93. The molecule has 2 heterocycles. The first-order valence-electron chi connectivity index (χ1n) is 6.97. The highest BCUT2D eigenvalue weighted by molar-refractivity contribution is 5.87. The van der Waals surface area contributed by atoms with E-state index in [2.05, 4.69) is 6.92 Å². The van der Waals surface area contributed by atoms with Crippen LogP contribution in [-0.4, -0.2) is 52.1 Å². The van der Waals surface area contributed by atoms with E-state index in [1.807, 2.05) is 13.0 Å². The van der Waals surface area contributed by atoms with Crippen molar-refractivity contribution >= 4 is 12.0 Å². The molecule has 1 unspecified atom stereocenters. The van der Waals surface area contributed by atoms with E-state index in [1.54, 1.807) is 9.80 Å². The van der Waals surface area contributed by atoms with Gasteiger partial charge in [-0.2, -0.15) is 0 Å². The Hall–Kier alpha value is -1.52. The van der Waals surface area contributed by atoms with Gasteiger partial charge >= 0.3 is 12.0 Å². The Kier molecular flexibility index (Phi) is 3.83. The smallest absolute Gasteiger partial charge is 0.329 e. The molecule has 106 valence electrons. The number of nitrogens with zero attached hydrogens (tertiary/aromatic N) is 2. The minimum atomic E-state index is -0.993. The summed E-state index contributed by atoms with van der Waals surface area (Å²) in [6.45, 7) is 5.75. The summed E-state index contributed by atoms with van der Waals surface area (Å²) in [5.41, 5.74) is 0.304. The Morgan fingerprint density at radius 2 is 2.16 bits per heavy atom. The molecule has 0 aromatic rings. The van der Waals surface area contributed by atoms with E-state index in [9.17, 15) is 14.7 Å². The van der Waals surface area contributed by atoms with Crippen molar-refractivity contribution < 1.29 is 14.7 Å². The van der Waals surface area contributed by atoms with Crippen LogP contribution in [-0.2, 0) is 4.79 Å². The van der Waals surface area contributed by atoms with Gasteiger partial charge in [0.2, 0.25) is 0 Å². The number of hydrogen-bond acceptors (Lipinski definition) is 2. The minimum Gasteiger partial charge on any atom is -0.479 e. The van der Waals surface area contributed by atoms with E-state index >= 15 is 0 Å². The van der Waals surface area contributed by atoms with Gasteiger partial charge < -0.3 is 14.9 Å². The molecule has 0 aromatic heterocycles. The number of rotatable bonds is 2. The van der Waals surface area contributed by atoms with E-state index in [-0.39, 0.29) is 6.03 Å². The molecule has 0 spiro atoms. The van der Waals surface area contributed by atoms with Crippen LogP contribution in [0.2, 0.25) is 0 Å². The standard InChI is InChI=1S/C14H22N2O3/c1-3-14(12(17)18)7-4-8-16(14)13(19)15-9-5-11(2)6-10-15/h5H,3-4,6-10H2,1-2H3,(H,17,18). The zero-order valence-corrected chi connectivity index (χ0v) is 11.7. The normalized spacial score (nSPS) is 27.4. The summed E-state index contributed by atoms with van der Waals surface area (Å²) in [4.78, 5) is 27.5. The van der Waals surface area contributed by atoms with Crippen molar-refractivity contribution in [1.29, 1.82) is 0 Å². The van der Waals surface area contributed by atoms with Crippen molar-refractivity contribution in [3.05, 3.63) is 11.6 Å². The average molecular weight is 266 g/mol. The van der Waals surface area contributed by atoms with Crippen LogP contribution in [0.4, 0.5) is 4.79 Å². The van der Waals surface area contributed by atoms with Gasteiger partial charge in [0, 0.05) is 19.6 Å². The molecule has 5 nitrogen and oxygen atoms in total. The van der Waals surface area contributed by atoms with Crippen LogP contribution >= 0.6 is 0 Å². The van der Waals surface area contributed by atoms with E-state index in [0.717, 1.165) is 12.8 Å². The summed E-state index contributed by atoms with van der Waals surface area (Å²) in [5.74, 6) is -0.871. The van der Waals surface area contributed by atoms with Crippen molar-refractivity contribution in [1.82, 2.24) is 9.80 Å². The van der Waals surface area contributed by atoms with Crippen LogP contribution in [0.1, 0.15) is 39.5 Å². The quantitative estimate of drug-likeness (QED) is 0.778. The van der Waals surface area contributed by atoms with Gasteiger partial charge in [-0.05, 0) is 32.6 Å². The number of carbonyl (C=O) groups excluding carboxylic acids is 1. The highest BCUT2D eigenvalue weighted by atomic mass is 16.4. The maximum atomic E-state index is 12.5. The third-order valence-corrected chi connectivity index (χ3v) is 4.41. The number of carboxylic acid groups (broad SMARTS) is 1. The van der Waals surface area contributed by atoms with E-state index in [1.165, 1.54) is 5.57 Å². The second kappa shape index (κ2) is 5.23. The monoisotopic (exact) mass is 266 g/mol. The lowest BCUT2D eigenvalue weighted by molar-refractivity contribution is -0.148. The van der Waals surface area contributed by atoms with Gasteiger partial charge in [0.1, 0.15) is 5.54 Å². The molecule has 0 saturated carbocycles. The largest absolute Gasteiger partial charge is 0.479 e. The van der Waals surface area contributed by atoms with E-state index in [0.29, 0.717) is 32.5 Å². The highest BCUT2D eigenvalue weighted by Crippen LogP contribution is 2.34. The fourth-order valence-electron chi connectivity index (χ4n) is 3.01. The zero-order valence-electron chi connectivity index (χ0n) is 11.7. The molecule has 0 aromatic carbocycles. The summed E-state index contributed by atoms with van der Waals surface area (Å²) < 4.78 is 0. The predicted molar refractivity (Wildman–Crippen MR) is 71.9 cm³/mol. The first-order valence-corrected chi connectivity index (χ1v) is 6.97. The van der Waals surface area contributed by atoms with Gasteiger partial charge in [-0.3, -0.25) is 0 Å². The lowest BCUT2D eigenvalue weighted by Gasteiger charge is -2.38. The molecule has 2 amide bonds. The highest BCUT2D eigenvalue weighted by Gasteiger charge is 2.49. The summed E-state index contributed by atoms with van der Waals surface area (Å²) in [5, 5.41) is 9.50. The SMILES string of the molecule is CCC1(C(=O)O)CCCN1C(=O)N1CC=C(C)CC1. The molecule has 1 atom stereocenters. The van der Waals surface area contributed by atoms with Crippen molar-refractivity contribution in [2.24, 2.45) is 0 Å². The van der Waals surface area contributed by atoms with Crippen molar-refractivity contribution in [3.63, 3.8) is 0 Å². The number of urea groups is 1. The fraction of sp³-hybridized carbons (Fsp3) is 0.714. The Labute approximate surface area is 113 Å². The van der Waals surface area contributed by atoms with Gasteiger partial charge in [-0.15, -0.1) is 0 Å². The third kappa shape index (κ3) is 2.33. The maximum absolute atomic E-state index is 12.5. The molecule has 1 N–H and O–H groups in total. The van der Waals surface area contributed by atoms with E-state index in [4.69, 9.17) is 0 Å². The van der Waals surface area contributed by atoms with Gasteiger partial charge in [-0.25, -0.2) is 9.59 Å². The molecule has 1 fully saturated rings. The second-order valence-electron chi connectivity index (χ2n) is 5.47. The molecule has 2 aliphatic heterocycles. The maximum Gasteiger partial charge on any atom is 0.329 e. The van der Waals surface area contributed by atoms with Crippen LogP contribution in [0.25, 0.3) is 0 Å². The zero-order chi connectivity index (χ0) is 14.0. The number of carboxylic acids is 1. The number of amides is 2. The molecular weight excluding hydrogens is 244 g/mol. The predicted octanol–water partition coefficient (Wildman–Crippen LogP) is 2.09. The molecule has 5 heteroatoms. The molecule has 1 saturated heterocycles. The lowest BCUT2D eigenvalue weighted by Crippen LogP contribution is -2.57. The van der Waals surface area contributed by atoms with Crippen LogP contribution < -0.4 is 0 Å². The average Bonchev–Trinajstić information content (AvgIpc) is 2.83. The van der Waals surface area contributed by atoms with Gasteiger partial charge in [-0.1, -0.05) is 18.6 Å². The molecular formula is C14H22N2O3. The third-order valence-electron chi connectivity index (χ3n) is 4.41. The number of carbonyl (C=O) groups is 2. The van der Waals surface area contributed by atoms with E-state index < -0.39 is 11.5 Å². The first-order chi connectivity index (χ1) is 9.01. The molecule has 2 aliphatic rings. The molecule has 0 bridgehead atoms. The van der Waals surface area contributed by atoms with Crippen LogP contribution in [0.15, 0.2) is 11.6 Å². The van der Waals surface area contributed by atoms with Crippen LogP contribution in [0, 0.1) is 0 Å². The van der Waals surface area contributed by atoms with Crippen molar-refractivity contribution in [3.8, 4) is 0 Å². The second-order valence-corrected chi connectivity index (χ2v) is 5.47. The van der Waals surface area contributed by atoms with Gasteiger partial charge in [0.05, 0.1) is 0 Å². The Bertz CT molecular complexity index is 419. The fourth-order valence-corrected chi connectivity index (χ4v) is 3.01. The topological polar surface area (TPSA) is 60.9 Å². The van der Waals surface area contributed by atoms with Crippen LogP contribution in [0.5, 0.6) is 0 Å². The Balaban J connectivity index is 2.16. The number of likely N-dealkylation sites (tertiary alicyclic amines) is 1. The summed E-state index contributed by atoms with van der Waals surface area (Å²) >= 11 is 0. The minimum absolute atomic E-state index is 0.120. The molecule has 0 radical (unpaired) electrons. The van der Waals surface area contributed by atoms with Crippen LogP contribution in [0.3, 0.4) is 0 Å². The summed E-state index contributed by atoms with van der Waals surface area (Å²) in [6, 6.07) is -0.120. The first kappa shape index (κ1) is 13.9. The van der Waals surface area contributed by atoms with Crippen molar-refractivity contribution in [2.75, 3.05) is 19.6 Å². The molecule has 19 heavy (non-hydrogen) atoms.